The highest BCUT2D eigenvalue weighted by atomic mass is 15.2. The molecule has 1 saturated carbocycles. The van der Waals surface area contributed by atoms with Gasteiger partial charge in [-0.3, -0.25) is 4.98 Å². The molecule has 1 fully saturated rings. The predicted molar refractivity (Wildman–Crippen MR) is 78.3 cm³/mol. The molecule has 0 spiro atoms. The van der Waals surface area contributed by atoms with Gasteiger partial charge in [0.1, 0.15) is 0 Å². The van der Waals surface area contributed by atoms with Crippen LogP contribution < -0.4 is 10.2 Å². The predicted octanol–water partition coefficient (Wildman–Crippen LogP) is 3.67. The molecular formula is C15H25N3. The fraction of sp³-hybridized carbons (Fsp3) is 0.667. The third kappa shape index (κ3) is 3.62. The number of hydrogen-bond donors (Lipinski definition) is 1. The van der Waals surface area contributed by atoms with E-state index in [1.54, 1.807) is 0 Å². The van der Waals surface area contributed by atoms with E-state index < -0.39 is 0 Å². The van der Waals surface area contributed by atoms with Crippen molar-refractivity contribution in [2.75, 3.05) is 23.3 Å². The van der Waals surface area contributed by atoms with E-state index in [1.165, 1.54) is 37.9 Å². The summed E-state index contributed by atoms with van der Waals surface area (Å²) < 4.78 is 0. The minimum atomic E-state index is 0.764. The normalized spacial score (nSPS) is 14.6. The third-order valence-electron chi connectivity index (χ3n) is 3.37. The summed E-state index contributed by atoms with van der Waals surface area (Å²) in [6.45, 7) is 6.62. The standard InChI is InChI=1S/C15H25N3/c1-3-5-9-18(14-6-7-14)15-10-13(11-16-12-15)17-8-4-2/h10-12,14,17H,3-9H2,1-2H3. The average molecular weight is 247 g/mol. The van der Waals surface area contributed by atoms with Crippen molar-refractivity contribution in [2.45, 2.75) is 52.0 Å². The number of anilines is 2. The fourth-order valence-corrected chi connectivity index (χ4v) is 2.19. The van der Waals surface area contributed by atoms with E-state index in [4.69, 9.17) is 0 Å². The van der Waals surface area contributed by atoms with Crippen LogP contribution in [-0.2, 0) is 0 Å². The number of hydrogen-bond acceptors (Lipinski definition) is 3. The molecule has 2 rings (SSSR count). The van der Waals surface area contributed by atoms with Crippen molar-refractivity contribution in [3.63, 3.8) is 0 Å². The summed E-state index contributed by atoms with van der Waals surface area (Å²) in [7, 11) is 0. The molecule has 18 heavy (non-hydrogen) atoms. The van der Waals surface area contributed by atoms with E-state index in [0.29, 0.717) is 0 Å². The molecule has 0 bridgehead atoms. The van der Waals surface area contributed by atoms with Crippen molar-refractivity contribution in [1.82, 2.24) is 4.98 Å². The van der Waals surface area contributed by atoms with E-state index in [9.17, 15) is 0 Å². The van der Waals surface area contributed by atoms with Crippen molar-refractivity contribution in [3.05, 3.63) is 18.5 Å². The smallest absolute Gasteiger partial charge is 0.0575 e. The number of rotatable bonds is 8. The zero-order chi connectivity index (χ0) is 12.8. The molecule has 1 N–H and O–H groups in total. The van der Waals surface area contributed by atoms with Gasteiger partial charge in [0.2, 0.25) is 0 Å². The Bertz CT molecular complexity index is 361. The van der Waals surface area contributed by atoms with Gasteiger partial charge in [-0.15, -0.1) is 0 Å². The lowest BCUT2D eigenvalue weighted by atomic mass is 10.2. The molecule has 0 amide bonds. The first-order valence-electron chi connectivity index (χ1n) is 7.30. The zero-order valence-electron chi connectivity index (χ0n) is 11.7. The van der Waals surface area contributed by atoms with Crippen molar-refractivity contribution in [3.8, 4) is 0 Å². The Hall–Kier alpha value is -1.25. The number of nitrogens with one attached hydrogen (secondary N) is 1. The highest BCUT2D eigenvalue weighted by Gasteiger charge is 2.28. The monoisotopic (exact) mass is 247 g/mol. The summed E-state index contributed by atoms with van der Waals surface area (Å²) in [5.74, 6) is 0. The average Bonchev–Trinajstić information content (AvgIpc) is 3.22. The molecule has 1 aromatic rings. The molecule has 0 atom stereocenters. The van der Waals surface area contributed by atoms with Gasteiger partial charge in [0.15, 0.2) is 0 Å². The van der Waals surface area contributed by atoms with Crippen LogP contribution in [0.5, 0.6) is 0 Å². The molecule has 1 heterocycles. The van der Waals surface area contributed by atoms with Crippen molar-refractivity contribution in [2.24, 2.45) is 0 Å². The van der Waals surface area contributed by atoms with Crippen LogP contribution in [0, 0.1) is 0 Å². The summed E-state index contributed by atoms with van der Waals surface area (Å²) in [5.41, 5.74) is 2.43. The van der Waals surface area contributed by atoms with Crippen LogP contribution in [0.4, 0.5) is 11.4 Å². The van der Waals surface area contributed by atoms with Crippen LogP contribution >= 0.6 is 0 Å². The van der Waals surface area contributed by atoms with E-state index in [-0.39, 0.29) is 0 Å². The molecule has 1 aliphatic carbocycles. The number of pyridine rings is 1. The molecule has 1 aromatic heterocycles. The zero-order valence-corrected chi connectivity index (χ0v) is 11.7. The molecule has 0 aliphatic heterocycles. The Morgan fingerprint density at radius 3 is 2.78 bits per heavy atom. The van der Waals surface area contributed by atoms with Crippen LogP contribution in [0.25, 0.3) is 0 Å². The van der Waals surface area contributed by atoms with E-state index in [2.05, 4.69) is 35.1 Å². The summed E-state index contributed by atoms with van der Waals surface area (Å²) in [6, 6.07) is 3.01. The lowest BCUT2D eigenvalue weighted by Crippen LogP contribution is -2.26. The summed E-state index contributed by atoms with van der Waals surface area (Å²) in [4.78, 5) is 6.91. The Morgan fingerprint density at radius 1 is 1.28 bits per heavy atom. The van der Waals surface area contributed by atoms with Gasteiger partial charge in [-0.2, -0.15) is 0 Å². The van der Waals surface area contributed by atoms with Gasteiger partial charge < -0.3 is 10.2 Å². The van der Waals surface area contributed by atoms with Crippen LogP contribution in [0.2, 0.25) is 0 Å². The Balaban J connectivity index is 2.03. The quantitative estimate of drug-likeness (QED) is 0.759. The summed E-state index contributed by atoms with van der Waals surface area (Å²) in [5, 5.41) is 3.42. The van der Waals surface area contributed by atoms with Gasteiger partial charge in [0.25, 0.3) is 0 Å². The van der Waals surface area contributed by atoms with Crippen molar-refractivity contribution in [1.29, 1.82) is 0 Å². The van der Waals surface area contributed by atoms with E-state index in [0.717, 1.165) is 24.7 Å². The number of aromatic nitrogens is 1. The molecule has 0 unspecified atom stereocenters. The highest BCUT2D eigenvalue weighted by molar-refractivity contribution is 5.56. The van der Waals surface area contributed by atoms with Crippen LogP contribution in [0.1, 0.15) is 46.0 Å². The molecule has 0 saturated heterocycles. The lowest BCUT2D eigenvalue weighted by molar-refractivity contribution is 0.712. The van der Waals surface area contributed by atoms with Gasteiger partial charge >= 0.3 is 0 Å². The molecule has 0 radical (unpaired) electrons. The van der Waals surface area contributed by atoms with E-state index in [1.807, 2.05) is 12.4 Å². The minimum Gasteiger partial charge on any atom is -0.384 e. The maximum atomic E-state index is 4.37. The number of nitrogens with zero attached hydrogens (tertiary/aromatic N) is 2. The molecular weight excluding hydrogens is 222 g/mol. The Kier molecular flexibility index (Phi) is 4.85. The second kappa shape index (κ2) is 6.62. The van der Waals surface area contributed by atoms with Crippen LogP contribution in [0.3, 0.4) is 0 Å². The topological polar surface area (TPSA) is 28.2 Å². The maximum absolute atomic E-state index is 4.37. The first kappa shape index (κ1) is 13.2. The Labute approximate surface area is 111 Å². The second-order valence-electron chi connectivity index (χ2n) is 5.14. The largest absolute Gasteiger partial charge is 0.384 e. The molecule has 100 valence electrons. The second-order valence-corrected chi connectivity index (χ2v) is 5.14. The van der Waals surface area contributed by atoms with Crippen LogP contribution in [-0.4, -0.2) is 24.1 Å². The van der Waals surface area contributed by atoms with Crippen LogP contribution in [0.15, 0.2) is 18.5 Å². The fourth-order valence-electron chi connectivity index (χ4n) is 2.19. The first-order valence-corrected chi connectivity index (χ1v) is 7.30. The van der Waals surface area contributed by atoms with Gasteiger partial charge in [0.05, 0.1) is 23.8 Å². The SMILES string of the molecule is CCCCN(c1cncc(NCCC)c1)C1CC1. The molecule has 0 aromatic carbocycles. The van der Waals surface area contributed by atoms with Gasteiger partial charge in [-0.25, -0.2) is 0 Å². The van der Waals surface area contributed by atoms with Gasteiger partial charge in [-0.05, 0) is 31.7 Å². The number of unbranched alkanes of at least 4 members (excludes halogenated alkanes) is 1. The summed E-state index contributed by atoms with van der Waals surface area (Å²) >= 11 is 0. The Morgan fingerprint density at radius 2 is 2.11 bits per heavy atom. The molecule has 3 nitrogen and oxygen atoms in total. The van der Waals surface area contributed by atoms with Gasteiger partial charge in [-0.1, -0.05) is 20.3 Å². The summed E-state index contributed by atoms with van der Waals surface area (Å²) in [6.07, 6.45) is 10.3. The van der Waals surface area contributed by atoms with Crippen molar-refractivity contribution >= 4 is 11.4 Å². The third-order valence-corrected chi connectivity index (χ3v) is 3.37. The molecule has 3 heteroatoms. The highest BCUT2D eigenvalue weighted by Crippen LogP contribution is 2.32. The van der Waals surface area contributed by atoms with E-state index >= 15 is 0 Å². The lowest BCUT2D eigenvalue weighted by Gasteiger charge is -2.24. The minimum absolute atomic E-state index is 0.764. The molecule has 1 aliphatic rings. The van der Waals surface area contributed by atoms with Crippen molar-refractivity contribution < 1.29 is 0 Å². The maximum Gasteiger partial charge on any atom is 0.0575 e. The first-order chi connectivity index (χ1) is 8.85. The van der Waals surface area contributed by atoms with Gasteiger partial charge in [0, 0.05) is 19.1 Å².